The van der Waals surface area contributed by atoms with E-state index in [9.17, 15) is 19.2 Å². The van der Waals surface area contributed by atoms with E-state index in [1.165, 1.54) is 14.2 Å². The fraction of sp³-hybridized carbons (Fsp3) is 0.556. The molecule has 0 aliphatic carbocycles. The summed E-state index contributed by atoms with van der Waals surface area (Å²) in [5, 5.41) is 5.67. The lowest BCUT2D eigenvalue weighted by Crippen LogP contribution is -3.14. The number of hydrogen-bond donors (Lipinski definition) is 3. The van der Waals surface area contributed by atoms with E-state index in [2.05, 4.69) is 10.6 Å². The predicted molar refractivity (Wildman–Crippen MR) is 105 cm³/mol. The Bertz CT molecular complexity index is 744. The molecule has 0 bridgehead atoms. The van der Waals surface area contributed by atoms with Gasteiger partial charge in [0.05, 0.1) is 26.3 Å². The number of quaternary nitrogens is 1. The lowest BCUT2D eigenvalue weighted by molar-refractivity contribution is -0.881. The van der Waals surface area contributed by atoms with Crippen molar-refractivity contribution in [3.05, 3.63) is 16.0 Å². The van der Waals surface area contributed by atoms with E-state index in [4.69, 9.17) is 9.47 Å². The van der Waals surface area contributed by atoms with Crippen LogP contribution in [0.1, 0.15) is 46.4 Å². The minimum absolute atomic E-state index is 0.0212. The largest absolute Gasteiger partial charge is 0.465 e. The van der Waals surface area contributed by atoms with Crippen LogP contribution in [0.15, 0.2) is 0 Å². The monoisotopic (exact) mass is 414 g/mol. The molecule has 0 saturated carbocycles. The van der Waals surface area contributed by atoms with Crippen LogP contribution in [0.3, 0.4) is 0 Å². The molecule has 3 N–H and O–H groups in total. The normalized spacial score (nSPS) is 11.7. The zero-order valence-corrected chi connectivity index (χ0v) is 17.9. The summed E-state index contributed by atoms with van der Waals surface area (Å²) >= 11 is 0.952. The highest BCUT2D eigenvalue weighted by atomic mass is 32.1. The first-order chi connectivity index (χ1) is 13.1. The van der Waals surface area contributed by atoms with Crippen molar-refractivity contribution < 1.29 is 33.6 Å². The number of methoxy groups -OCH3 is 2. The van der Waals surface area contributed by atoms with Crippen molar-refractivity contribution in [2.45, 2.75) is 33.7 Å². The first kappa shape index (κ1) is 23.6. The molecule has 1 aromatic rings. The maximum absolute atomic E-state index is 12.5. The molecule has 0 aliphatic rings. The molecule has 9 nitrogen and oxygen atoms in total. The molecule has 1 atom stereocenters. The van der Waals surface area contributed by atoms with Crippen molar-refractivity contribution in [3.63, 3.8) is 0 Å². The Morgan fingerprint density at radius 1 is 1.04 bits per heavy atom. The van der Waals surface area contributed by atoms with Crippen LogP contribution < -0.4 is 15.5 Å². The Balaban J connectivity index is 2.96. The van der Waals surface area contributed by atoms with Gasteiger partial charge in [-0.3, -0.25) is 9.59 Å². The van der Waals surface area contributed by atoms with Gasteiger partial charge in [-0.25, -0.2) is 9.59 Å². The summed E-state index contributed by atoms with van der Waals surface area (Å²) in [6, 6.07) is 0.0212. The molecule has 0 aromatic carbocycles. The van der Waals surface area contributed by atoms with E-state index in [0.29, 0.717) is 12.1 Å². The number of ether oxygens (including phenoxy) is 2. The van der Waals surface area contributed by atoms with Gasteiger partial charge in [-0.1, -0.05) is 0 Å². The molecule has 0 saturated heterocycles. The number of esters is 2. The van der Waals surface area contributed by atoms with Crippen molar-refractivity contribution in [3.8, 4) is 0 Å². The molecular weight excluding hydrogens is 386 g/mol. The van der Waals surface area contributed by atoms with Gasteiger partial charge in [0.2, 0.25) is 0 Å². The van der Waals surface area contributed by atoms with E-state index in [1.807, 2.05) is 20.8 Å². The van der Waals surface area contributed by atoms with Crippen molar-refractivity contribution >= 4 is 40.1 Å². The Kier molecular flexibility index (Phi) is 9.07. The third-order valence-corrected chi connectivity index (χ3v) is 5.12. The Morgan fingerprint density at radius 2 is 1.61 bits per heavy atom. The van der Waals surface area contributed by atoms with Crippen LogP contribution >= 0.6 is 11.3 Å². The molecule has 28 heavy (non-hydrogen) atoms. The quantitative estimate of drug-likeness (QED) is 0.490. The van der Waals surface area contributed by atoms with Crippen LogP contribution in [-0.4, -0.2) is 63.6 Å². The molecule has 0 fully saturated rings. The van der Waals surface area contributed by atoms with Crippen LogP contribution in [0.25, 0.3) is 0 Å². The van der Waals surface area contributed by atoms with E-state index >= 15 is 0 Å². The van der Waals surface area contributed by atoms with Crippen molar-refractivity contribution in [1.29, 1.82) is 0 Å². The van der Waals surface area contributed by atoms with Gasteiger partial charge >= 0.3 is 11.9 Å². The van der Waals surface area contributed by atoms with Crippen LogP contribution in [0.4, 0.5) is 5.00 Å². The third-order valence-electron chi connectivity index (χ3n) is 3.93. The lowest BCUT2D eigenvalue weighted by Gasteiger charge is -2.17. The molecule has 0 aliphatic heterocycles. The second kappa shape index (κ2) is 10.8. The summed E-state index contributed by atoms with van der Waals surface area (Å²) in [5.74, 6) is -1.78. The lowest BCUT2D eigenvalue weighted by atomic mass is 10.1. The van der Waals surface area contributed by atoms with E-state index in [-0.39, 0.29) is 46.4 Å². The highest BCUT2D eigenvalue weighted by Crippen LogP contribution is 2.34. The average Bonchev–Trinajstić information content (AvgIpc) is 2.94. The summed E-state index contributed by atoms with van der Waals surface area (Å²) in [6.07, 6.45) is 0. The van der Waals surface area contributed by atoms with Crippen molar-refractivity contribution in [2.24, 2.45) is 0 Å². The second-order valence-corrected chi connectivity index (χ2v) is 7.49. The molecule has 1 heterocycles. The fourth-order valence-corrected chi connectivity index (χ4v) is 3.68. The van der Waals surface area contributed by atoms with Crippen LogP contribution in [-0.2, 0) is 19.1 Å². The fourth-order valence-electron chi connectivity index (χ4n) is 2.55. The molecule has 10 heteroatoms. The molecular formula is C18H28N3O6S+. The van der Waals surface area contributed by atoms with Gasteiger partial charge in [0.25, 0.3) is 11.8 Å². The number of anilines is 1. The Labute approximate surface area is 168 Å². The molecule has 0 spiro atoms. The molecule has 1 aromatic heterocycles. The first-order valence-corrected chi connectivity index (χ1v) is 9.68. The Hall–Kier alpha value is -2.46. The summed E-state index contributed by atoms with van der Waals surface area (Å²) < 4.78 is 9.48. The van der Waals surface area contributed by atoms with Crippen molar-refractivity contribution in [1.82, 2.24) is 5.32 Å². The van der Waals surface area contributed by atoms with E-state index in [0.717, 1.165) is 16.2 Å². The van der Waals surface area contributed by atoms with Crippen LogP contribution in [0.5, 0.6) is 0 Å². The highest BCUT2D eigenvalue weighted by molar-refractivity contribution is 7.18. The highest BCUT2D eigenvalue weighted by Gasteiger charge is 2.27. The first-order valence-electron chi connectivity index (χ1n) is 8.87. The number of hydrogen-bond acceptors (Lipinski definition) is 7. The molecule has 1 unspecified atom stereocenters. The summed E-state index contributed by atoms with van der Waals surface area (Å²) in [7, 11) is 2.46. The van der Waals surface area contributed by atoms with Crippen LogP contribution in [0, 0.1) is 6.92 Å². The molecule has 1 rings (SSSR count). The molecule has 2 amide bonds. The predicted octanol–water partition coefficient (Wildman–Crippen LogP) is -0.00238. The van der Waals surface area contributed by atoms with Gasteiger partial charge in [0.15, 0.2) is 13.1 Å². The minimum Gasteiger partial charge on any atom is -0.465 e. The van der Waals surface area contributed by atoms with E-state index in [1.54, 1.807) is 6.92 Å². The molecule has 0 radical (unpaired) electrons. The summed E-state index contributed by atoms with van der Waals surface area (Å²) in [6.45, 7) is 7.95. The molecule has 156 valence electrons. The van der Waals surface area contributed by atoms with Gasteiger partial charge in [-0.2, -0.15) is 0 Å². The zero-order chi connectivity index (χ0) is 21.4. The zero-order valence-electron chi connectivity index (χ0n) is 17.1. The van der Waals surface area contributed by atoms with Gasteiger partial charge in [0, 0.05) is 6.04 Å². The van der Waals surface area contributed by atoms with Crippen LogP contribution in [0.2, 0.25) is 0 Å². The SMILES string of the molecule is CC[NH+](CC(=O)Nc1sc(C(=O)OC)c(C)c1C(=O)OC)CC(=O)NC(C)C. The average molecular weight is 415 g/mol. The standard InChI is InChI=1S/C18H27N3O6S/c1-7-21(8-12(22)19-10(2)3)9-13(23)20-16-14(17(24)26-5)11(4)15(28-16)18(25)27-6/h10H,7-9H2,1-6H3,(H,19,22)(H,20,23)/p+1. The second-order valence-electron chi connectivity index (χ2n) is 6.47. The Morgan fingerprint density at radius 3 is 2.11 bits per heavy atom. The van der Waals surface area contributed by atoms with Gasteiger partial charge in [-0.15, -0.1) is 11.3 Å². The van der Waals surface area contributed by atoms with Crippen molar-refractivity contribution in [2.75, 3.05) is 39.2 Å². The van der Waals surface area contributed by atoms with E-state index < -0.39 is 11.9 Å². The number of amides is 2. The van der Waals surface area contributed by atoms with Gasteiger partial charge < -0.3 is 25.0 Å². The number of carbonyl (C=O) groups is 4. The number of carbonyl (C=O) groups excluding carboxylic acids is 4. The third kappa shape index (κ3) is 6.31. The van der Waals surface area contributed by atoms with Gasteiger partial charge in [-0.05, 0) is 33.3 Å². The number of rotatable bonds is 9. The summed E-state index contributed by atoms with van der Waals surface area (Å²) in [5.41, 5.74) is 0.506. The smallest absolute Gasteiger partial charge is 0.348 e. The minimum atomic E-state index is -0.657. The number of likely N-dealkylation sites (N-methyl/N-ethyl adjacent to an activating group) is 1. The summed E-state index contributed by atoms with van der Waals surface area (Å²) in [4.78, 5) is 49.4. The maximum Gasteiger partial charge on any atom is 0.348 e. The maximum atomic E-state index is 12.5. The number of nitrogens with one attached hydrogen (secondary N) is 3. The van der Waals surface area contributed by atoms with Gasteiger partial charge in [0.1, 0.15) is 9.88 Å². The number of thiophene rings is 1. The topological polar surface area (TPSA) is 115 Å².